The Kier molecular flexibility index (Phi) is 3.60. The van der Waals surface area contributed by atoms with E-state index in [0.717, 1.165) is 19.5 Å². The number of nitrogens with zero attached hydrogens (tertiary/aromatic N) is 2. The van der Waals surface area contributed by atoms with Crippen LogP contribution in [0.1, 0.15) is 36.5 Å². The molecule has 1 aliphatic heterocycles. The predicted octanol–water partition coefficient (Wildman–Crippen LogP) is 2.85. The van der Waals surface area contributed by atoms with Crippen LogP contribution < -0.4 is 0 Å². The van der Waals surface area contributed by atoms with Crippen molar-refractivity contribution in [3.05, 3.63) is 34.9 Å². The van der Waals surface area contributed by atoms with Crippen LogP contribution in [0.2, 0.25) is 0 Å². The minimum absolute atomic E-state index is 0.105. The summed E-state index contributed by atoms with van der Waals surface area (Å²) in [6, 6.07) is 6.78. The largest absolute Gasteiger partial charge is 0.331 e. The zero-order chi connectivity index (χ0) is 13.3. The maximum Gasteiger partial charge on any atom is 0.319 e. The van der Waals surface area contributed by atoms with Gasteiger partial charge in [-0.25, -0.2) is 4.79 Å². The van der Waals surface area contributed by atoms with Gasteiger partial charge in [0.05, 0.1) is 0 Å². The van der Waals surface area contributed by atoms with E-state index in [0.29, 0.717) is 5.92 Å². The van der Waals surface area contributed by atoms with Crippen LogP contribution >= 0.6 is 0 Å². The molecule has 2 amide bonds. The van der Waals surface area contributed by atoms with Gasteiger partial charge in [0, 0.05) is 27.2 Å². The van der Waals surface area contributed by atoms with Gasteiger partial charge >= 0.3 is 6.03 Å². The molecular formula is C15H22N2O. The third kappa shape index (κ3) is 2.50. The highest BCUT2D eigenvalue weighted by atomic mass is 16.2. The Bertz CT molecular complexity index is 452. The van der Waals surface area contributed by atoms with Gasteiger partial charge in [-0.2, -0.15) is 0 Å². The second-order valence-corrected chi connectivity index (χ2v) is 5.53. The van der Waals surface area contributed by atoms with Gasteiger partial charge in [0.15, 0.2) is 0 Å². The predicted molar refractivity (Wildman–Crippen MR) is 73.7 cm³/mol. The van der Waals surface area contributed by atoms with E-state index in [4.69, 9.17) is 0 Å². The molecule has 1 aliphatic rings. The molecule has 3 heteroatoms. The van der Waals surface area contributed by atoms with Crippen molar-refractivity contribution in [2.24, 2.45) is 0 Å². The average molecular weight is 246 g/mol. The quantitative estimate of drug-likeness (QED) is 0.747. The van der Waals surface area contributed by atoms with Crippen molar-refractivity contribution in [3.8, 4) is 0 Å². The Morgan fingerprint density at radius 3 is 2.61 bits per heavy atom. The summed E-state index contributed by atoms with van der Waals surface area (Å²) in [6.07, 6.45) is 0.968. The highest BCUT2D eigenvalue weighted by molar-refractivity contribution is 5.74. The lowest BCUT2D eigenvalue weighted by molar-refractivity contribution is 0.165. The van der Waals surface area contributed by atoms with Crippen molar-refractivity contribution >= 4 is 6.03 Å². The van der Waals surface area contributed by atoms with Gasteiger partial charge in [-0.05, 0) is 29.0 Å². The van der Waals surface area contributed by atoms with E-state index in [1.54, 1.807) is 19.0 Å². The van der Waals surface area contributed by atoms with Gasteiger partial charge in [-0.1, -0.05) is 32.0 Å². The molecule has 2 rings (SSSR count). The van der Waals surface area contributed by atoms with Crippen LogP contribution in [0.25, 0.3) is 0 Å². The standard InChI is InChI=1S/C15H22N2O/c1-11(2)12-5-6-14-10-17(15(18)16(3)4)8-7-13(14)9-12/h5-6,9,11H,7-8,10H2,1-4H3. The Morgan fingerprint density at radius 2 is 2.00 bits per heavy atom. The third-order valence-electron chi connectivity index (χ3n) is 3.56. The van der Waals surface area contributed by atoms with Gasteiger partial charge in [0.2, 0.25) is 0 Å². The van der Waals surface area contributed by atoms with Gasteiger partial charge in [0.25, 0.3) is 0 Å². The number of carbonyl (C=O) groups is 1. The molecule has 1 aromatic carbocycles. The van der Waals surface area contributed by atoms with E-state index in [1.165, 1.54) is 16.7 Å². The number of hydrogen-bond donors (Lipinski definition) is 0. The van der Waals surface area contributed by atoms with Crippen LogP contribution in [-0.4, -0.2) is 36.5 Å². The fourth-order valence-corrected chi connectivity index (χ4v) is 2.38. The first-order chi connectivity index (χ1) is 8.49. The highest BCUT2D eigenvalue weighted by Gasteiger charge is 2.21. The molecule has 0 unspecified atom stereocenters. The Labute approximate surface area is 109 Å². The number of carbonyl (C=O) groups excluding carboxylic acids is 1. The number of urea groups is 1. The smallest absolute Gasteiger partial charge is 0.319 e. The van der Waals surface area contributed by atoms with Crippen LogP contribution in [0.5, 0.6) is 0 Å². The van der Waals surface area contributed by atoms with Crippen LogP contribution in [0.15, 0.2) is 18.2 Å². The lowest BCUT2D eigenvalue weighted by Gasteiger charge is -2.31. The zero-order valence-electron chi connectivity index (χ0n) is 11.7. The van der Waals surface area contributed by atoms with Crippen molar-refractivity contribution in [1.82, 2.24) is 9.80 Å². The van der Waals surface area contributed by atoms with Crippen LogP contribution in [0, 0.1) is 0 Å². The molecule has 0 atom stereocenters. The van der Waals surface area contributed by atoms with Crippen molar-refractivity contribution in [2.45, 2.75) is 32.7 Å². The molecule has 1 heterocycles. The molecule has 0 bridgehead atoms. The zero-order valence-corrected chi connectivity index (χ0v) is 11.7. The average Bonchev–Trinajstić information content (AvgIpc) is 2.36. The lowest BCUT2D eigenvalue weighted by atomic mass is 9.93. The van der Waals surface area contributed by atoms with Gasteiger partial charge in [-0.3, -0.25) is 0 Å². The summed E-state index contributed by atoms with van der Waals surface area (Å²) in [5.74, 6) is 0.566. The molecule has 98 valence electrons. The van der Waals surface area contributed by atoms with E-state index in [1.807, 2.05) is 4.90 Å². The third-order valence-corrected chi connectivity index (χ3v) is 3.56. The minimum atomic E-state index is 0.105. The number of benzene rings is 1. The number of hydrogen-bond acceptors (Lipinski definition) is 1. The van der Waals surface area contributed by atoms with Crippen LogP contribution in [-0.2, 0) is 13.0 Å². The Morgan fingerprint density at radius 1 is 1.28 bits per heavy atom. The molecule has 0 saturated carbocycles. The number of amides is 2. The second-order valence-electron chi connectivity index (χ2n) is 5.53. The molecule has 0 aliphatic carbocycles. The Hall–Kier alpha value is -1.51. The summed E-state index contributed by atoms with van der Waals surface area (Å²) in [5.41, 5.74) is 4.09. The number of fused-ring (bicyclic) bond motifs is 1. The summed E-state index contributed by atoms with van der Waals surface area (Å²) in [6.45, 7) is 6.00. The fourth-order valence-electron chi connectivity index (χ4n) is 2.38. The van der Waals surface area contributed by atoms with E-state index in [2.05, 4.69) is 32.0 Å². The highest BCUT2D eigenvalue weighted by Crippen LogP contribution is 2.24. The summed E-state index contributed by atoms with van der Waals surface area (Å²) in [5, 5.41) is 0. The molecule has 1 aromatic rings. The summed E-state index contributed by atoms with van der Waals surface area (Å²) in [4.78, 5) is 15.5. The minimum Gasteiger partial charge on any atom is -0.331 e. The number of rotatable bonds is 1. The summed E-state index contributed by atoms with van der Waals surface area (Å²) in [7, 11) is 3.61. The Balaban J connectivity index is 2.18. The van der Waals surface area contributed by atoms with Crippen LogP contribution in [0.3, 0.4) is 0 Å². The second kappa shape index (κ2) is 5.01. The molecule has 0 saturated heterocycles. The molecule has 0 spiro atoms. The van der Waals surface area contributed by atoms with Gasteiger partial charge < -0.3 is 9.80 Å². The van der Waals surface area contributed by atoms with E-state index >= 15 is 0 Å². The van der Waals surface area contributed by atoms with Crippen molar-refractivity contribution in [1.29, 1.82) is 0 Å². The normalized spacial score (nSPS) is 14.6. The summed E-state index contributed by atoms with van der Waals surface area (Å²) >= 11 is 0. The molecular weight excluding hydrogens is 224 g/mol. The topological polar surface area (TPSA) is 23.6 Å². The monoisotopic (exact) mass is 246 g/mol. The molecule has 3 nitrogen and oxygen atoms in total. The van der Waals surface area contributed by atoms with Crippen LogP contribution in [0.4, 0.5) is 4.79 Å². The van der Waals surface area contributed by atoms with Gasteiger partial charge in [-0.15, -0.1) is 0 Å². The molecule has 0 fully saturated rings. The molecule has 0 aromatic heterocycles. The molecule has 18 heavy (non-hydrogen) atoms. The first kappa shape index (κ1) is 12.9. The van der Waals surface area contributed by atoms with E-state index in [9.17, 15) is 4.79 Å². The fraction of sp³-hybridized carbons (Fsp3) is 0.533. The molecule has 0 N–H and O–H groups in total. The van der Waals surface area contributed by atoms with Crippen molar-refractivity contribution in [2.75, 3.05) is 20.6 Å². The SMILES string of the molecule is CC(C)c1ccc2c(c1)CCN(C(=O)N(C)C)C2. The van der Waals surface area contributed by atoms with E-state index in [-0.39, 0.29) is 6.03 Å². The first-order valence-corrected chi connectivity index (χ1v) is 6.57. The summed E-state index contributed by atoms with van der Waals surface area (Å²) < 4.78 is 0. The van der Waals surface area contributed by atoms with Crippen molar-refractivity contribution < 1.29 is 4.79 Å². The maximum absolute atomic E-state index is 11.9. The maximum atomic E-state index is 11.9. The van der Waals surface area contributed by atoms with Gasteiger partial charge in [0.1, 0.15) is 0 Å². The lowest BCUT2D eigenvalue weighted by Crippen LogP contribution is -2.42. The molecule has 0 radical (unpaired) electrons. The first-order valence-electron chi connectivity index (χ1n) is 6.57. The van der Waals surface area contributed by atoms with E-state index < -0.39 is 0 Å². The van der Waals surface area contributed by atoms with Crippen molar-refractivity contribution in [3.63, 3.8) is 0 Å².